The lowest BCUT2D eigenvalue weighted by atomic mass is 9.59. The minimum Gasteiger partial charge on any atom is -0.312 e. The highest BCUT2D eigenvalue weighted by Crippen LogP contribution is 2.17. The molecule has 0 fully saturated rings. The monoisotopic (exact) mass is 248 g/mol. The maximum atomic E-state index is 11.8. The van der Waals surface area contributed by atoms with Gasteiger partial charge in [-0.1, -0.05) is 26.6 Å². The summed E-state index contributed by atoms with van der Waals surface area (Å²) in [5.74, 6) is -0.546. The van der Waals surface area contributed by atoms with Crippen LogP contribution in [-0.4, -0.2) is 35.7 Å². The topological polar surface area (TPSA) is 54.5 Å². The SMILES string of the molecule is CC(C)[B]C(=O)C(C)CC(C)N1C(=O)C=CC1=O. The summed E-state index contributed by atoms with van der Waals surface area (Å²) in [7, 11) is 1.68. The van der Waals surface area contributed by atoms with Crippen molar-refractivity contribution < 1.29 is 14.4 Å². The van der Waals surface area contributed by atoms with Crippen LogP contribution in [0.15, 0.2) is 12.2 Å². The second-order valence-electron chi connectivity index (χ2n) is 5.18. The van der Waals surface area contributed by atoms with E-state index in [1.165, 1.54) is 17.1 Å². The first kappa shape index (κ1) is 14.7. The average Bonchev–Trinajstić information content (AvgIpc) is 2.57. The molecule has 5 heteroatoms. The lowest BCUT2D eigenvalue weighted by molar-refractivity contribution is -0.139. The van der Waals surface area contributed by atoms with Gasteiger partial charge in [0.25, 0.3) is 11.8 Å². The highest BCUT2D eigenvalue weighted by molar-refractivity contribution is 6.75. The Balaban J connectivity index is 2.54. The molecule has 2 unspecified atom stereocenters. The molecule has 1 rings (SSSR count). The molecule has 0 aromatic carbocycles. The molecule has 0 aliphatic carbocycles. The van der Waals surface area contributed by atoms with E-state index in [2.05, 4.69) is 0 Å². The molecule has 1 radical (unpaired) electrons. The van der Waals surface area contributed by atoms with Crippen molar-refractivity contribution in [2.45, 2.75) is 46.0 Å². The molecule has 2 amide bonds. The van der Waals surface area contributed by atoms with Gasteiger partial charge in [0.15, 0.2) is 0 Å². The fourth-order valence-electron chi connectivity index (χ4n) is 2.07. The van der Waals surface area contributed by atoms with Crippen LogP contribution in [0.25, 0.3) is 0 Å². The zero-order chi connectivity index (χ0) is 13.9. The number of rotatable bonds is 6. The highest BCUT2D eigenvalue weighted by Gasteiger charge is 2.30. The summed E-state index contributed by atoms with van der Waals surface area (Å²) in [6.45, 7) is 7.52. The Labute approximate surface area is 109 Å². The number of amides is 2. The molecular formula is C13H19BNO3. The predicted octanol–water partition coefficient (Wildman–Crippen LogP) is 1.39. The largest absolute Gasteiger partial charge is 0.312 e. The fraction of sp³-hybridized carbons (Fsp3) is 0.615. The summed E-state index contributed by atoms with van der Waals surface area (Å²) in [5, 5.41) is 0. The number of hydrogen-bond donors (Lipinski definition) is 0. The van der Waals surface area contributed by atoms with Gasteiger partial charge in [0.1, 0.15) is 0 Å². The molecule has 0 spiro atoms. The number of nitrogens with zero attached hydrogens (tertiary/aromatic N) is 1. The molecule has 18 heavy (non-hydrogen) atoms. The van der Waals surface area contributed by atoms with E-state index >= 15 is 0 Å². The summed E-state index contributed by atoms with van der Waals surface area (Å²) < 4.78 is 0. The van der Waals surface area contributed by atoms with E-state index in [9.17, 15) is 14.4 Å². The molecule has 1 aliphatic rings. The van der Waals surface area contributed by atoms with Crippen molar-refractivity contribution >= 4 is 24.8 Å². The Morgan fingerprint density at radius 2 is 1.67 bits per heavy atom. The zero-order valence-electron chi connectivity index (χ0n) is 11.3. The van der Waals surface area contributed by atoms with Crippen molar-refractivity contribution in [2.75, 3.05) is 0 Å². The number of imide groups is 1. The lowest BCUT2D eigenvalue weighted by Crippen LogP contribution is -2.40. The molecule has 0 N–H and O–H groups in total. The van der Waals surface area contributed by atoms with E-state index in [0.717, 1.165) is 0 Å². The Bertz CT molecular complexity index is 372. The Morgan fingerprint density at radius 1 is 1.17 bits per heavy atom. The van der Waals surface area contributed by atoms with Gasteiger partial charge in [0.2, 0.25) is 7.28 Å². The molecule has 4 nitrogen and oxygen atoms in total. The van der Waals surface area contributed by atoms with Crippen LogP contribution in [0.4, 0.5) is 0 Å². The molecule has 0 saturated heterocycles. The van der Waals surface area contributed by atoms with E-state index < -0.39 is 0 Å². The van der Waals surface area contributed by atoms with Crippen LogP contribution in [0.2, 0.25) is 5.82 Å². The quantitative estimate of drug-likeness (QED) is 0.527. The summed E-state index contributed by atoms with van der Waals surface area (Å²) >= 11 is 0. The zero-order valence-corrected chi connectivity index (χ0v) is 11.3. The lowest BCUT2D eigenvalue weighted by Gasteiger charge is -2.25. The normalized spacial score (nSPS) is 18.4. The summed E-state index contributed by atoms with van der Waals surface area (Å²) in [5.41, 5.74) is 0.0731. The standard InChI is InChI=1S/C13H19BNO3/c1-8(2)14-13(18)9(3)7-10(4)15-11(16)5-6-12(15)17/h5-6,8-10H,7H2,1-4H3. The van der Waals surface area contributed by atoms with Gasteiger partial charge in [-0.25, -0.2) is 0 Å². The van der Waals surface area contributed by atoms with Gasteiger partial charge in [-0.2, -0.15) is 0 Å². The van der Waals surface area contributed by atoms with Crippen molar-refractivity contribution in [2.24, 2.45) is 5.92 Å². The minimum absolute atomic E-state index is 0.0731. The first-order chi connectivity index (χ1) is 8.32. The van der Waals surface area contributed by atoms with Gasteiger partial charge in [0.05, 0.1) is 5.68 Å². The van der Waals surface area contributed by atoms with Crippen LogP contribution in [0.1, 0.15) is 34.1 Å². The van der Waals surface area contributed by atoms with Crippen LogP contribution >= 0.6 is 0 Å². The van der Waals surface area contributed by atoms with Crippen LogP contribution in [0, 0.1) is 5.92 Å². The second-order valence-corrected chi connectivity index (χ2v) is 5.18. The molecular weight excluding hydrogens is 229 g/mol. The van der Waals surface area contributed by atoms with Gasteiger partial charge in [0, 0.05) is 24.1 Å². The molecule has 1 aliphatic heterocycles. The van der Waals surface area contributed by atoms with E-state index in [4.69, 9.17) is 0 Å². The maximum Gasteiger partial charge on any atom is 0.253 e. The molecule has 2 atom stereocenters. The van der Waals surface area contributed by atoms with Crippen LogP contribution in [-0.2, 0) is 14.4 Å². The third-order valence-electron chi connectivity index (χ3n) is 2.96. The van der Waals surface area contributed by atoms with Crippen molar-refractivity contribution in [1.29, 1.82) is 0 Å². The van der Waals surface area contributed by atoms with E-state index in [0.29, 0.717) is 6.42 Å². The molecule has 97 valence electrons. The average molecular weight is 248 g/mol. The highest BCUT2D eigenvalue weighted by atomic mass is 16.2. The number of carbonyl (C=O) groups excluding carboxylic acids is 3. The first-order valence-electron chi connectivity index (χ1n) is 6.27. The third kappa shape index (κ3) is 3.55. The van der Waals surface area contributed by atoms with Crippen LogP contribution < -0.4 is 0 Å². The van der Waals surface area contributed by atoms with Gasteiger partial charge < -0.3 is 4.79 Å². The molecule has 1 heterocycles. The fourth-order valence-corrected chi connectivity index (χ4v) is 2.07. The second kappa shape index (κ2) is 5.98. The molecule has 0 aromatic rings. The first-order valence-corrected chi connectivity index (χ1v) is 6.27. The Hall–Kier alpha value is -1.39. The number of carbonyl (C=O) groups is 3. The van der Waals surface area contributed by atoms with Gasteiger partial charge in [-0.3, -0.25) is 14.5 Å². The van der Waals surface area contributed by atoms with Crippen molar-refractivity contribution in [3.63, 3.8) is 0 Å². The molecule has 0 bridgehead atoms. The van der Waals surface area contributed by atoms with E-state index in [-0.39, 0.29) is 35.3 Å². The van der Waals surface area contributed by atoms with Crippen LogP contribution in [0.3, 0.4) is 0 Å². The Morgan fingerprint density at radius 3 is 2.11 bits per heavy atom. The molecule has 0 saturated carbocycles. The minimum atomic E-state index is -0.292. The van der Waals surface area contributed by atoms with Gasteiger partial charge >= 0.3 is 0 Å². The smallest absolute Gasteiger partial charge is 0.253 e. The number of hydrogen-bond acceptors (Lipinski definition) is 3. The van der Waals surface area contributed by atoms with E-state index in [1.807, 2.05) is 20.8 Å². The van der Waals surface area contributed by atoms with Crippen molar-refractivity contribution in [3.05, 3.63) is 12.2 Å². The van der Waals surface area contributed by atoms with Crippen molar-refractivity contribution in [1.82, 2.24) is 4.90 Å². The maximum absolute atomic E-state index is 11.8. The molecule has 0 aromatic heterocycles. The van der Waals surface area contributed by atoms with Gasteiger partial charge in [-0.05, 0) is 13.3 Å². The summed E-state index contributed by atoms with van der Waals surface area (Å²) in [6, 6.07) is -0.250. The van der Waals surface area contributed by atoms with Crippen molar-refractivity contribution in [3.8, 4) is 0 Å². The summed E-state index contributed by atoms with van der Waals surface area (Å²) in [4.78, 5) is 36.0. The summed E-state index contributed by atoms with van der Waals surface area (Å²) in [6.07, 6.45) is 3.04. The third-order valence-corrected chi connectivity index (χ3v) is 2.96. The van der Waals surface area contributed by atoms with Gasteiger partial charge in [-0.15, -0.1) is 0 Å². The Kier molecular flexibility index (Phi) is 4.88. The van der Waals surface area contributed by atoms with E-state index in [1.54, 1.807) is 14.2 Å². The predicted molar refractivity (Wildman–Crippen MR) is 70.1 cm³/mol. The van der Waals surface area contributed by atoms with Crippen LogP contribution in [0.5, 0.6) is 0 Å².